The summed E-state index contributed by atoms with van der Waals surface area (Å²) in [5.74, 6) is 0.281. The monoisotopic (exact) mass is 338 g/mol. The molecule has 1 aromatic rings. The molecule has 2 atom stereocenters. The van der Waals surface area contributed by atoms with Gasteiger partial charge in [0.1, 0.15) is 0 Å². The molecule has 0 bridgehead atoms. The Hall–Kier alpha value is -0.380. The maximum atomic E-state index is 11.1. The van der Waals surface area contributed by atoms with Crippen molar-refractivity contribution < 1.29 is 9.84 Å². The van der Waals surface area contributed by atoms with E-state index in [0.717, 1.165) is 42.3 Å². The molecular weight excluding hydrogens is 316 g/mol. The molecule has 1 aliphatic carbocycles. The van der Waals surface area contributed by atoms with Crippen LogP contribution in [0, 0.1) is 5.92 Å². The molecule has 0 aromatic heterocycles. The first-order valence-corrected chi connectivity index (χ1v) is 8.44. The Morgan fingerprint density at radius 1 is 1.35 bits per heavy atom. The molecule has 2 unspecified atom stereocenters. The summed E-state index contributed by atoms with van der Waals surface area (Å²) in [5.41, 5.74) is 0.286. The van der Waals surface area contributed by atoms with Gasteiger partial charge in [0.2, 0.25) is 0 Å². The fraction of sp³-hybridized carbons (Fsp3) is 0.647. The second-order valence-electron chi connectivity index (χ2n) is 6.59. The molecule has 2 aliphatic rings. The maximum absolute atomic E-state index is 11.1. The van der Waals surface area contributed by atoms with Crippen molar-refractivity contribution in [2.24, 2.45) is 5.92 Å². The highest BCUT2D eigenvalue weighted by atomic mass is 79.9. The van der Waals surface area contributed by atoms with E-state index in [4.69, 9.17) is 4.74 Å². The van der Waals surface area contributed by atoms with Crippen molar-refractivity contribution in [3.8, 4) is 0 Å². The van der Waals surface area contributed by atoms with Crippen LogP contribution in [0.2, 0.25) is 0 Å². The molecule has 3 rings (SSSR count). The second-order valence-corrected chi connectivity index (χ2v) is 7.50. The molecule has 1 spiro atoms. The van der Waals surface area contributed by atoms with E-state index in [1.54, 1.807) is 0 Å². The Morgan fingerprint density at radius 3 is 2.80 bits per heavy atom. The van der Waals surface area contributed by atoms with Gasteiger partial charge < -0.3 is 9.84 Å². The highest BCUT2D eigenvalue weighted by molar-refractivity contribution is 9.10. The third-order valence-corrected chi connectivity index (χ3v) is 5.71. The SMILES string of the molecule is CC(O)(c1cccc(Br)c1)C1CCOC2(CCCC2)C1. The molecule has 1 aliphatic heterocycles. The van der Waals surface area contributed by atoms with Crippen LogP contribution in [0.5, 0.6) is 0 Å². The minimum atomic E-state index is -0.775. The lowest BCUT2D eigenvalue weighted by atomic mass is 9.73. The fourth-order valence-electron chi connectivity index (χ4n) is 3.91. The topological polar surface area (TPSA) is 29.5 Å². The lowest BCUT2D eigenvalue weighted by Crippen LogP contribution is -2.44. The Balaban J connectivity index is 1.83. The largest absolute Gasteiger partial charge is 0.385 e. The van der Waals surface area contributed by atoms with Crippen molar-refractivity contribution in [2.75, 3.05) is 6.61 Å². The summed E-state index contributed by atoms with van der Waals surface area (Å²) in [6, 6.07) is 8.07. The van der Waals surface area contributed by atoms with Crippen LogP contribution in [-0.2, 0) is 10.3 Å². The number of hydrogen-bond donors (Lipinski definition) is 1. The van der Waals surface area contributed by atoms with E-state index in [2.05, 4.69) is 15.9 Å². The molecule has 20 heavy (non-hydrogen) atoms. The van der Waals surface area contributed by atoms with Gasteiger partial charge in [-0.2, -0.15) is 0 Å². The van der Waals surface area contributed by atoms with E-state index in [0.29, 0.717) is 0 Å². The van der Waals surface area contributed by atoms with Gasteiger partial charge in [-0.05, 0) is 56.2 Å². The van der Waals surface area contributed by atoms with Crippen molar-refractivity contribution in [2.45, 2.75) is 56.7 Å². The molecule has 0 amide bonds. The first-order valence-electron chi connectivity index (χ1n) is 7.64. The van der Waals surface area contributed by atoms with Gasteiger partial charge in [-0.15, -0.1) is 0 Å². The van der Waals surface area contributed by atoms with Gasteiger partial charge in [0.15, 0.2) is 0 Å². The number of rotatable bonds is 2. The molecule has 1 heterocycles. The Kier molecular flexibility index (Phi) is 3.95. The van der Waals surface area contributed by atoms with E-state index in [-0.39, 0.29) is 11.5 Å². The summed E-state index contributed by atoms with van der Waals surface area (Å²) < 4.78 is 7.12. The molecule has 0 radical (unpaired) electrons. The molecule has 1 saturated carbocycles. The summed E-state index contributed by atoms with van der Waals surface area (Å²) in [5, 5.41) is 11.1. The standard InChI is InChI=1S/C17H23BrO2/c1-16(19,13-5-4-6-15(18)11-13)14-7-10-20-17(12-14)8-2-3-9-17/h4-6,11,14,19H,2-3,7-10,12H2,1H3. The number of benzene rings is 1. The van der Waals surface area contributed by atoms with Crippen LogP contribution in [0.25, 0.3) is 0 Å². The van der Waals surface area contributed by atoms with Crippen molar-refractivity contribution >= 4 is 15.9 Å². The van der Waals surface area contributed by atoms with Crippen LogP contribution >= 0.6 is 15.9 Å². The Bertz CT molecular complexity index is 478. The normalized spacial score (nSPS) is 28.4. The minimum absolute atomic E-state index is 0.0545. The van der Waals surface area contributed by atoms with Crippen LogP contribution in [-0.4, -0.2) is 17.3 Å². The molecule has 1 N–H and O–H groups in total. The quantitative estimate of drug-likeness (QED) is 0.866. The zero-order valence-corrected chi connectivity index (χ0v) is 13.7. The first-order chi connectivity index (χ1) is 9.52. The zero-order valence-electron chi connectivity index (χ0n) is 12.1. The van der Waals surface area contributed by atoms with Crippen molar-refractivity contribution in [3.63, 3.8) is 0 Å². The second kappa shape index (κ2) is 5.43. The lowest BCUT2D eigenvalue weighted by molar-refractivity contribution is -0.138. The van der Waals surface area contributed by atoms with Gasteiger partial charge in [-0.25, -0.2) is 0 Å². The average molecular weight is 339 g/mol. The van der Waals surface area contributed by atoms with Crippen LogP contribution in [0.1, 0.15) is 51.0 Å². The smallest absolute Gasteiger partial charge is 0.0898 e. The summed E-state index contributed by atoms with van der Waals surface area (Å²) >= 11 is 3.50. The highest BCUT2D eigenvalue weighted by Gasteiger charge is 2.45. The predicted molar refractivity (Wildman–Crippen MR) is 83.6 cm³/mol. The van der Waals surface area contributed by atoms with Crippen LogP contribution < -0.4 is 0 Å². The summed E-state index contributed by atoms with van der Waals surface area (Å²) in [6.07, 6.45) is 6.81. The Labute approximate surface area is 129 Å². The van der Waals surface area contributed by atoms with E-state index in [9.17, 15) is 5.11 Å². The van der Waals surface area contributed by atoms with Gasteiger partial charge in [0.05, 0.1) is 11.2 Å². The van der Waals surface area contributed by atoms with E-state index < -0.39 is 5.60 Å². The van der Waals surface area contributed by atoms with E-state index in [1.165, 1.54) is 12.8 Å². The molecule has 1 aromatic carbocycles. The average Bonchev–Trinajstić information content (AvgIpc) is 2.87. The third-order valence-electron chi connectivity index (χ3n) is 5.21. The first kappa shape index (κ1) is 14.6. The molecule has 1 saturated heterocycles. The predicted octanol–water partition coefficient (Wildman–Crippen LogP) is 4.40. The van der Waals surface area contributed by atoms with Gasteiger partial charge in [-0.3, -0.25) is 0 Å². The van der Waals surface area contributed by atoms with Crippen molar-refractivity contribution in [1.82, 2.24) is 0 Å². The van der Waals surface area contributed by atoms with Gasteiger partial charge >= 0.3 is 0 Å². The Morgan fingerprint density at radius 2 is 2.10 bits per heavy atom. The zero-order chi connectivity index (χ0) is 14.2. The lowest BCUT2D eigenvalue weighted by Gasteiger charge is -2.44. The molecular formula is C17H23BrO2. The van der Waals surface area contributed by atoms with E-state index >= 15 is 0 Å². The molecule has 110 valence electrons. The summed E-state index contributed by atoms with van der Waals surface area (Å²) in [7, 11) is 0. The number of aliphatic hydroxyl groups is 1. The van der Waals surface area contributed by atoms with Crippen LogP contribution in [0.15, 0.2) is 28.7 Å². The number of ether oxygens (including phenoxy) is 1. The van der Waals surface area contributed by atoms with Crippen LogP contribution in [0.3, 0.4) is 0 Å². The fourth-order valence-corrected chi connectivity index (χ4v) is 4.31. The summed E-state index contributed by atoms with van der Waals surface area (Å²) in [4.78, 5) is 0. The number of hydrogen-bond acceptors (Lipinski definition) is 2. The van der Waals surface area contributed by atoms with Crippen molar-refractivity contribution in [1.29, 1.82) is 0 Å². The molecule has 2 nitrogen and oxygen atoms in total. The van der Waals surface area contributed by atoms with Crippen LogP contribution in [0.4, 0.5) is 0 Å². The molecule has 2 fully saturated rings. The highest BCUT2D eigenvalue weighted by Crippen LogP contribution is 2.47. The number of halogens is 1. The third kappa shape index (κ3) is 2.68. The van der Waals surface area contributed by atoms with Gasteiger partial charge in [0.25, 0.3) is 0 Å². The minimum Gasteiger partial charge on any atom is -0.385 e. The van der Waals surface area contributed by atoms with E-state index in [1.807, 2.05) is 31.2 Å². The van der Waals surface area contributed by atoms with Crippen molar-refractivity contribution in [3.05, 3.63) is 34.3 Å². The molecule has 3 heteroatoms. The van der Waals surface area contributed by atoms with Gasteiger partial charge in [0, 0.05) is 11.1 Å². The summed E-state index contributed by atoms with van der Waals surface area (Å²) in [6.45, 7) is 2.75. The van der Waals surface area contributed by atoms with Gasteiger partial charge in [-0.1, -0.05) is 40.9 Å². The maximum Gasteiger partial charge on any atom is 0.0898 e.